The van der Waals surface area contributed by atoms with Gasteiger partial charge >= 0.3 is 6.36 Å². The van der Waals surface area contributed by atoms with Crippen LogP contribution in [-0.2, 0) is 10.0 Å². The maximum atomic E-state index is 13.1. The lowest BCUT2D eigenvalue weighted by Crippen LogP contribution is -2.39. The van der Waals surface area contributed by atoms with E-state index in [0.717, 1.165) is 23.5 Å². The Bertz CT molecular complexity index is 1010. The summed E-state index contributed by atoms with van der Waals surface area (Å²) in [5.41, 5.74) is 2.10. The van der Waals surface area contributed by atoms with Gasteiger partial charge in [-0.3, -0.25) is 4.68 Å². The zero-order valence-electron chi connectivity index (χ0n) is 18.1. The molecule has 0 aliphatic carbocycles. The van der Waals surface area contributed by atoms with Gasteiger partial charge in [0.25, 0.3) is 0 Å². The standard InChI is InChI=1S/C21H28F3N3O3S/c1-14(2)17-13-18(15(3)4)27(25-17)16-9-11-26(12-10-16)31(28,29)20-8-6-5-7-19(20)30-21(22,23)24/h5-8,13-16H,9-12H2,1-4H3. The maximum absolute atomic E-state index is 13.1. The number of nitrogens with zero attached hydrogens (tertiary/aromatic N) is 3. The number of ether oxygens (including phenoxy) is 1. The predicted molar refractivity (Wildman–Crippen MR) is 111 cm³/mol. The molecular weight excluding hydrogens is 431 g/mol. The van der Waals surface area contributed by atoms with Crippen LogP contribution in [0.1, 0.15) is 69.8 Å². The number of sulfonamides is 1. The summed E-state index contributed by atoms with van der Waals surface area (Å²) in [6.45, 7) is 8.73. The van der Waals surface area contributed by atoms with Crippen molar-refractivity contribution in [3.05, 3.63) is 41.7 Å². The SMILES string of the molecule is CC(C)c1cc(C(C)C)n(C2CCN(S(=O)(=O)c3ccccc3OC(F)(F)F)CC2)n1. The molecule has 0 N–H and O–H groups in total. The minimum absolute atomic E-state index is 0.0398. The van der Waals surface area contributed by atoms with E-state index >= 15 is 0 Å². The van der Waals surface area contributed by atoms with Gasteiger partial charge in [0, 0.05) is 18.8 Å². The zero-order valence-corrected chi connectivity index (χ0v) is 18.9. The smallest absolute Gasteiger partial charge is 0.404 e. The topological polar surface area (TPSA) is 64.4 Å². The van der Waals surface area contributed by atoms with Crippen LogP contribution in [0.3, 0.4) is 0 Å². The van der Waals surface area contributed by atoms with E-state index in [1.807, 2.05) is 4.68 Å². The van der Waals surface area contributed by atoms with Crippen LogP contribution in [0, 0.1) is 0 Å². The third-order valence-corrected chi connectivity index (χ3v) is 7.37. The van der Waals surface area contributed by atoms with E-state index in [-0.39, 0.29) is 31.0 Å². The number of hydrogen-bond acceptors (Lipinski definition) is 4. The molecule has 0 bridgehead atoms. The van der Waals surface area contributed by atoms with E-state index in [1.165, 1.54) is 16.4 Å². The second-order valence-corrected chi connectivity index (χ2v) is 10.3. The third kappa shape index (κ3) is 5.23. The Balaban J connectivity index is 1.80. The molecule has 2 heterocycles. The second kappa shape index (κ2) is 8.82. The van der Waals surface area contributed by atoms with Gasteiger partial charge < -0.3 is 4.74 Å². The highest BCUT2D eigenvalue weighted by Gasteiger charge is 2.37. The largest absolute Gasteiger partial charge is 0.573 e. The van der Waals surface area contributed by atoms with Crippen molar-refractivity contribution < 1.29 is 26.3 Å². The lowest BCUT2D eigenvalue weighted by atomic mass is 10.0. The number of piperidine rings is 1. The first-order valence-corrected chi connectivity index (χ1v) is 11.8. The molecule has 0 unspecified atom stereocenters. The van der Waals surface area contributed by atoms with Crippen molar-refractivity contribution >= 4 is 10.0 Å². The van der Waals surface area contributed by atoms with Crippen molar-refractivity contribution in [2.75, 3.05) is 13.1 Å². The number of alkyl halides is 3. The summed E-state index contributed by atoms with van der Waals surface area (Å²) in [4.78, 5) is -0.477. The highest BCUT2D eigenvalue weighted by molar-refractivity contribution is 7.89. The Hall–Kier alpha value is -2.07. The molecule has 1 aliphatic rings. The number of benzene rings is 1. The third-order valence-electron chi connectivity index (χ3n) is 5.43. The van der Waals surface area contributed by atoms with Crippen molar-refractivity contribution in [2.45, 2.75) is 69.7 Å². The minimum Gasteiger partial charge on any atom is -0.404 e. The fourth-order valence-corrected chi connectivity index (χ4v) is 5.36. The molecule has 0 amide bonds. The average molecular weight is 460 g/mol. The first kappa shape index (κ1) is 23.6. The Morgan fingerprint density at radius 3 is 2.23 bits per heavy atom. The van der Waals surface area contributed by atoms with E-state index in [0.29, 0.717) is 12.8 Å². The summed E-state index contributed by atoms with van der Waals surface area (Å²) in [6, 6.07) is 6.99. The average Bonchev–Trinajstić information content (AvgIpc) is 3.13. The quantitative estimate of drug-likeness (QED) is 0.606. The molecule has 0 spiro atoms. The Kier molecular flexibility index (Phi) is 6.71. The van der Waals surface area contributed by atoms with Crippen molar-refractivity contribution in [2.24, 2.45) is 0 Å². The van der Waals surface area contributed by atoms with Crippen molar-refractivity contribution in [3.8, 4) is 5.75 Å². The molecule has 0 atom stereocenters. The monoisotopic (exact) mass is 459 g/mol. The van der Waals surface area contributed by atoms with Crippen LogP contribution in [0.5, 0.6) is 5.75 Å². The molecule has 3 rings (SSSR count). The maximum Gasteiger partial charge on any atom is 0.573 e. The number of halogens is 3. The lowest BCUT2D eigenvalue weighted by Gasteiger charge is -2.32. The second-order valence-electron chi connectivity index (χ2n) is 8.38. The van der Waals surface area contributed by atoms with Gasteiger partial charge in [-0.2, -0.15) is 9.40 Å². The van der Waals surface area contributed by atoms with E-state index in [2.05, 4.69) is 38.5 Å². The molecule has 1 saturated heterocycles. The van der Waals surface area contributed by atoms with Gasteiger partial charge in [-0.25, -0.2) is 8.42 Å². The number of hydrogen-bond donors (Lipinski definition) is 0. The highest BCUT2D eigenvalue weighted by Crippen LogP contribution is 2.35. The van der Waals surface area contributed by atoms with Gasteiger partial charge in [-0.1, -0.05) is 39.8 Å². The van der Waals surface area contributed by atoms with Crippen molar-refractivity contribution in [1.29, 1.82) is 0 Å². The molecule has 0 saturated carbocycles. The normalized spacial score (nSPS) is 16.9. The predicted octanol–water partition coefficient (Wildman–Crippen LogP) is 5.05. The molecule has 172 valence electrons. The fourth-order valence-electron chi connectivity index (χ4n) is 3.77. The Morgan fingerprint density at radius 1 is 1.06 bits per heavy atom. The molecular formula is C21H28F3N3O3S. The van der Waals surface area contributed by atoms with E-state index < -0.39 is 27.0 Å². The van der Waals surface area contributed by atoms with Crippen LogP contribution in [0.25, 0.3) is 0 Å². The highest BCUT2D eigenvalue weighted by atomic mass is 32.2. The summed E-state index contributed by atoms with van der Waals surface area (Å²) in [5, 5.41) is 4.76. The van der Waals surface area contributed by atoms with Gasteiger partial charge in [0.15, 0.2) is 0 Å². The number of rotatable bonds is 6. The molecule has 1 aromatic heterocycles. The lowest BCUT2D eigenvalue weighted by molar-refractivity contribution is -0.275. The molecule has 1 fully saturated rings. The molecule has 10 heteroatoms. The summed E-state index contributed by atoms with van der Waals surface area (Å²) >= 11 is 0. The van der Waals surface area contributed by atoms with Gasteiger partial charge in [0.05, 0.1) is 11.7 Å². The van der Waals surface area contributed by atoms with Crippen LogP contribution in [0.15, 0.2) is 35.2 Å². The number of aromatic nitrogens is 2. The van der Waals surface area contributed by atoms with Crippen molar-refractivity contribution in [3.63, 3.8) is 0 Å². The minimum atomic E-state index is -4.97. The van der Waals surface area contributed by atoms with Crippen LogP contribution in [0.2, 0.25) is 0 Å². The summed E-state index contributed by atoms with van der Waals surface area (Å²) in [7, 11) is -4.13. The van der Waals surface area contributed by atoms with Crippen LogP contribution in [-0.4, -0.2) is 42.0 Å². The summed E-state index contributed by atoms with van der Waals surface area (Å²) in [5.74, 6) is -0.162. The molecule has 1 aliphatic heterocycles. The van der Waals surface area contributed by atoms with Gasteiger partial charge in [0.1, 0.15) is 10.6 Å². The van der Waals surface area contributed by atoms with Crippen LogP contribution < -0.4 is 4.74 Å². The molecule has 0 radical (unpaired) electrons. The molecule has 31 heavy (non-hydrogen) atoms. The summed E-state index contributed by atoms with van der Waals surface area (Å²) < 4.78 is 71.4. The molecule has 1 aromatic carbocycles. The molecule has 6 nitrogen and oxygen atoms in total. The first-order chi connectivity index (χ1) is 14.4. The van der Waals surface area contributed by atoms with E-state index in [9.17, 15) is 21.6 Å². The van der Waals surface area contributed by atoms with Crippen LogP contribution in [0.4, 0.5) is 13.2 Å². The van der Waals surface area contributed by atoms with Crippen molar-refractivity contribution in [1.82, 2.24) is 14.1 Å². The Labute approximate surface area is 181 Å². The van der Waals surface area contributed by atoms with E-state index in [4.69, 9.17) is 5.10 Å². The van der Waals surface area contributed by atoms with E-state index in [1.54, 1.807) is 0 Å². The molecule has 2 aromatic rings. The summed E-state index contributed by atoms with van der Waals surface area (Å²) in [6.07, 6.45) is -3.92. The van der Waals surface area contributed by atoms with Crippen LogP contribution >= 0.6 is 0 Å². The fraction of sp³-hybridized carbons (Fsp3) is 0.571. The zero-order chi connectivity index (χ0) is 23.0. The Morgan fingerprint density at radius 2 is 1.68 bits per heavy atom. The number of para-hydroxylation sites is 1. The van der Waals surface area contributed by atoms with Gasteiger partial charge in [0.2, 0.25) is 10.0 Å². The van der Waals surface area contributed by atoms with Gasteiger partial charge in [-0.15, -0.1) is 13.2 Å². The first-order valence-electron chi connectivity index (χ1n) is 10.3. The van der Waals surface area contributed by atoms with Gasteiger partial charge in [-0.05, 0) is 42.9 Å².